The van der Waals surface area contributed by atoms with Crippen molar-refractivity contribution in [3.05, 3.63) is 23.5 Å². The van der Waals surface area contributed by atoms with Crippen LogP contribution in [-0.2, 0) is 10.9 Å². The Morgan fingerprint density at radius 3 is 2.42 bits per heavy atom. The van der Waals surface area contributed by atoms with Gasteiger partial charge in [0.1, 0.15) is 5.60 Å². The molecule has 2 heterocycles. The average Bonchev–Trinajstić information content (AvgIpc) is 2.75. The average molecular weight is 343 g/mol. The first-order valence-electron chi connectivity index (χ1n) is 7.75. The first kappa shape index (κ1) is 16.9. The molecule has 0 bridgehead atoms. The number of carbonyl (C=O) groups excluding carboxylic acids is 1. The van der Waals surface area contributed by atoms with Crippen LogP contribution in [0.25, 0.3) is 6.20 Å². The normalized spacial score (nSPS) is 19.8. The predicted octanol–water partition coefficient (Wildman–Crippen LogP) is 3.77. The van der Waals surface area contributed by atoms with Gasteiger partial charge in [-0.15, -0.1) is 0 Å². The molecule has 0 radical (unpaired) electrons. The molecule has 5 nitrogen and oxygen atoms in total. The summed E-state index contributed by atoms with van der Waals surface area (Å²) in [6.45, 7) is 6.73. The minimum Gasteiger partial charge on any atom is -0.444 e. The van der Waals surface area contributed by atoms with Gasteiger partial charge in [-0.3, -0.25) is 0 Å². The Hall–Kier alpha value is -1.99. The topological polar surface area (TPSA) is 47.4 Å². The highest BCUT2D eigenvalue weighted by atomic mass is 19.4. The minimum atomic E-state index is -4.38. The van der Waals surface area contributed by atoms with Crippen LogP contribution < -0.4 is 0 Å². The summed E-state index contributed by atoms with van der Waals surface area (Å²) in [5, 5.41) is 3.72. The second-order valence-corrected chi connectivity index (χ2v) is 7.68. The summed E-state index contributed by atoms with van der Waals surface area (Å²) >= 11 is 0. The van der Waals surface area contributed by atoms with E-state index in [1.54, 1.807) is 11.1 Å². The summed E-state index contributed by atoms with van der Waals surface area (Å²) < 4.78 is 44.1. The SMILES string of the molecule is CC(C)(C)OC(=O)N1CC2(CC(=Cn3cc(C(F)(F)F)cn3)C2)C1. The number of hydrogen-bond donors (Lipinski definition) is 0. The van der Waals surface area contributed by atoms with Gasteiger partial charge in [0, 0.05) is 30.9 Å². The van der Waals surface area contributed by atoms with E-state index in [4.69, 9.17) is 4.74 Å². The zero-order valence-electron chi connectivity index (χ0n) is 13.9. The molecule has 1 aromatic heterocycles. The monoisotopic (exact) mass is 343 g/mol. The van der Waals surface area contributed by atoms with E-state index in [1.807, 2.05) is 20.8 Å². The number of halogens is 3. The molecule has 0 aromatic carbocycles. The largest absolute Gasteiger partial charge is 0.444 e. The fourth-order valence-electron chi connectivity index (χ4n) is 3.19. The van der Waals surface area contributed by atoms with Crippen molar-refractivity contribution in [2.24, 2.45) is 5.41 Å². The van der Waals surface area contributed by atoms with Crippen molar-refractivity contribution in [2.75, 3.05) is 13.1 Å². The van der Waals surface area contributed by atoms with Crippen molar-refractivity contribution in [3.63, 3.8) is 0 Å². The third kappa shape index (κ3) is 3.42. The molecule has 2 fully saturated rings. The number of alkyl halides is 3. The molecule has 1 amide bonds. The number of ether oxygens (including phenoxy) is 1. The highest BCUT2D eigenvalue weighted by Gasteiger charge is 2.52. The molecule has 1 aliphatic heterocycles. The van der Waals surface area contributed by atoms with Gasteiger partial charge in [-0.1, -0.05) is 5.57 Å². The summed E-state index contributed by atoms with van der Waals surface area (Å²) in [6, 6.07) is 0. The van der Waals surface area contributed by atoms with Gasteiger partial charge in [-0.2, -0.15) is 18.3 Å². The summed E-state index contributed by atoms with van der Waals surface area (Å²) in [6.07, 6.45) is 0.287. The number of likely N-dealkylation sites (tertiary alicyclic amines) is 1. The van der Waals surface area contributed by atoms with Gasteiger partial charge in [0.2, 0.25) is 0 Å². The second kappa shape index (κ2) is 5.26. The van der Waals surface area contributed by atoms with Gasteiger partial charge in [0.15, 0.2) is 0 Å². The van der Waals surface area contributed by atoms with Crippen LogP contribution in [0.5, 0.6) is 0 Å². The van der Waals surface area contributed by atoms with E-state index in [2.05, 4.69) is 5.10 Å². The van der Waals surface area contributed by atoms with E-state index >= 15 is 0 Å². The Morgan fingerprint density at radius 1 is 1.29 bits per heavy atom. The van der Waals surface area contributed by atoms with Crippen LogP contribution >= 0.6 is 0 Å². The summed E-state index contributed by atoms with van der Waals surface area (Å²) in [5.74, 6) is 0. The number of carbonyl (C=O) groups is 1. The minimum absolute atomic E-state index is 0.0583. The van der Waals surface area contributed by atoms with Crippen molar-refractivity contribution >= 4 is 12.3 Å². The van der Waals surface area contributed by atoms with Crippen LogP contribution in [0.4, 0.5) is 18.0 Å². The second-order valence-electron chi connectivity index (χ2n) is 7.68. The molecule has 1 aliphatic carbocycles. The van der Waals surface area contributed by atoms with Crippen molar-refractivity contribution in [3.8, 4) is 0 Å². The molecule has 1 saturated carbocycles. The number of rotatable bonds is 1. The van der Waals surface area contributed by atoms with Crippen LogP contribution in [0.1, 0.15) is 39.2 Å². The van der Waals surface area contributed by atoms with Gasteiger partial charge < -0.3 is 9.64 Å². The molecule has 8 heteroatoms. The molecule has 24 heavy (non-hydrogen) atoms. The Balaban J connectivity index is 1.52. The van der Waals surface area contributed by atoms with E-state index in [-0.39, 0.29) is 11.5 Å². The van der Waals surface area contributed by atoms with E-state index < -0.39 is 17.3 Å². The number of aromatic nitrogens is 2. The number of allylic oxidation sites excluding steroid dienone is 1. The lowest BCUT2D eigenvalue weighted by Gasteiger charge is -2.56. The molecule has 1 saturated heterocycles. The van der Waals surface area contributed by atoms with Crippen molar-refractivity contribution < 1.29 is 22.7 Å². The third-order valence-electron chi connectivity index (χ3n) is 4.15. The van der Waals surface area contributed by atoms with E-state index in [0.29, 0.717) is 13.1 Å². The first-order valence-corrected chi connectivity index (χ1v) is 7.75. The van der Waals surface area contributed by atoms with Gasteiger partial charge in [0.25, 0.3) is 0 Å². The van der Waals surface area contributed by atoms with Crippen molar-refractivity contribution in [1.29, 1.82) is 0 Å². The zero-order chi connectivity index (χ0) is 17.8. The molecule has 3 rings (SSSR count). The molecule has 0 atom stereocenters. The molecular formula is C16H20F3N3O2. The Kier molecular flexibility index (Phi) is 3.69. The van der Waals surface area contributed by atoms with Crippen LogP contribution in [-0.4, -0.2) is 39.5 Å². The third-order valence-corrected chi connectivity index (χ3v) is 4.15. The lowest BCUT2D eigenvalue weighted by Crippen LogP contribution is -2.62. The maximum Gasteiger partial charge on any atom is 0.419 e. The van der Waals surface area contributed by atoms with Crippen LogP contribution in [0.3, 0.4) is 0 Å². The fourth-order valence-corrected chi connectivity index (χ4v) is 3.19. The Bertz CT molecular complexity index is 669. The van der Waals surface area contributed by atoms with Gasteiger partial charge in [-0.25, -0.2) is 9.48 Å². The molecule has 2 aliphatic rings. The molecule has 132 valence electrons. The first-order chi connectivity index (χ1) is 11.0. The van der Waals surface area contributed by atoms with Gasteiger partial charge in [-0.05, 0) is 33.6 Å². The smallest absolute Gasteiger partial charge is 0.419 e. The van der Waals surface area contributed by atoms with E-state index in [0.717, 1.165) is 30.8 Å². The quantitative estimate of drug-likeness (QED) is 0.780. The number of nitrogens with zero attached hydrogens (tertiary/aromatic N) is 3. The number of hydrogen-bond acceptors (Lipinski definition) is 3. The summed E-state index contributed by atoms with van der Waals surface area (Å²) in [4.78, 5) is 13.6. The lowest BCUT2D eigenvalue weighted by atomic mass is 9.61. The zero-order valence-corrected chi connectivity index (χ0v) is 13.9. The van der Waals surface area contributed by atoms with E-state index in [1.165, 1.54) is 4.68 Å². The fraction of sp³-hybridized carbons (Fsp3) is 0.625. The van der Waals surface area contributed by atoms with Crippen molar-refractivity contribution in [2.45, 2.75) is 45.4 Å². The standard InChI is InChI=1S/C16H20F3N3O2/c1-14(2,3)24-13(23)21-9-15(10-21)4-11(5-15)7-22-8-12(6-20-22)16(17,18)19/h6-8H,4-5,9-10H2,1-3H3. The molecular weight excluding hydrogens is 323 g/mol. The van der Waals surface area contributed by atoms with Crippen LogP contribution in [0.15, 0.2) is 18.0 Å². The molecule has 1 aromatic rings. The molecule has 1 spiro atoms. The predicted molar refractivity (Wildman–Crippen MR) is 81.0 cm³/mol. The maximum atomic E-state index is 12.5. The van der Waals surface area contributed by atoms with E-state index in [9.17, 15) is 18.0 Å². The lowest BCUT2D eigenvalue weighted by molar-refractivity contribution is -0.137. The summed E-state index contributed by atoms with van der Waals surface area (Å²) in [5.41, 5.74) is -0.174. The van der Waals surface area contributed by atoms with Gasteiger partial charge in [0.05, 0.1) is 11.8 Å². The Labute approximate surface area is 138 Å². The molecule has 0 N–H and O–H groups in total. The Morgan fingerprint density at radius 2 is 1.92 bits per heavy atom. The maximum absolute atomic E-state index is 12.5. The summed E-state index contributed by atoms with van der Waals surface area (Å²) in [7, 11) is 0. The van der Waals surface area contributed by atoms with Crippen LogP contribution in [0, 0.1) is 5.41 Å². The molecule has 0 unspecified atom stereocenters. The number of amides is 1. The van der Waals surface area contributed by atoms with Crippen LogP contribution in [0.2, 0.25) is 0 Å². The van der Waals surface area contributed by atoms with Crippen molar-refractivity contribution in [1.82, 2.24) is 14.7 Å². The highest BCUT2D eigenvalue weighted by molar-refractivity contribution is 5.70. The van der Waals surface area contributed by atoms with Gasteiger partial charge >= 0.3 is 12.3 Å². The highest BCUT2D eigenvalue weighted by Crippen LogP contribution is 2.52.